The Kier molecular flexibility index (Phi) is 4.34. The Morgan fingerprint density at radius 1 is 1.47 bits per heavy atom. The van der Waals surface area contributed by atoms with Crippen molar-refractivity contribution in [1.29, 1.82) is 0 Å². The molecule has 0 saturated carbocycles. The average molecular weight is 282 g/mol. The van der Waals surface area contributed by atoms with Crippen LogP contribution < -0.4 is 5.73 Å². The molecule has 1 aromatic carbocycles. The molecule has 0 saturated heterocycles. The molecule has 1 atom stereocenters. The van der Waals surface area contributed by atoms with E-state index in [4.69, 9.17) is 22.1 Å². The summed E-state index contributed by atoms with van der Waals surface area (Å²) in [6, 6.07) is 5.42. The number of aromatic nitrogens is 4. The number of rotatable bonds is 5. The SMILES string of the molecule is COCC(C)Cn1nnnc1-c1cccc(N)c1Cl. The fraction of sp³-hybridized carbons (Fsp3) is 0.417. The number of ether oxygens (including phenoxy) is 1. The van der Waals surface area contributed by atoms with Crippen molar-refractivity contribution in [2.75, 3.05) is 19.5 Å². The Morgan fingerprint density at radius 3 is 3.00 bits per heavy atom. The fourth-order valence-electron chi connectivity index (χ4n) is 1.88. The molecule has 0 radical (unpaired) electrons. The van der Waals surface area contributed by atoms with Gasteiger partial charge in [-0.2, -0.15) is 0 Å². The molecule has 0 aliphatic heterocycles. The van der Waals surface area contributed by atoms with Gasteiger partial charge in [0, 0.05) is 19.2 Å². The van der Waals surface area contributed by atoms with Gasteiger partial charge in [0.2, 0.25) is 0 Å². The Bertz CT molecular complexity index is 557. The molecule has 1 aromatic heterocycles. The van der Waals surface area contributed by atoms with E-state index >= 15 is 0 Å². The van der Waals surface area contributed by atoms with Crippen LogP contribution in [-0.2, 0) is 11.3 Å². The molecule has 0 fully saturated rings. The van der Waals surface area contributed by atoms with E-state index < -0.39 is 0 Å². The second-order valence-electron chi connectivity index (χ2n) is 4.45. The standard InChI is InChI=1S/C12H16ClN5O/c1-8(7-19-2)6-18-12(15-16-17-18)9-4-3-5-10(14)11(9)13/h3-5,8H,6-7,14H2,1-2H3. The maximum absolute atomic E-state index is 6.20. The maximum atomic E-state index is 6.20. The van der Waals surface area contributed by atoms with E-state index in [0.717, 1.165) is 5.56 Å². The molecule has 0 spiro atoms. The van der Waals surface area contributed by atoms with Gasteiger partial charge in [0.05, 0.1) is 17.3 Å². The van der Waals surface area contributed by atoms with Gasteiger partial charge in [0.25, 0.3) is 0 Å². The lowest BCUT2D eigenvalue weighted by Gasteiger charge is -2.12. The van der Waals surface area contributed by atoms with Gasteiger partial charge in [-0.3, -0.25) is 0 Å². The van der Waals surface area contributed by atoms with Crippen molar-refractivity contribution < 1.29 is 4.74 Å². The molecular weight excluding hydrogens is 266 g/mol. The number of nitrogens with two attached hydrogens (primary N) is 1. The summed E-state index contributed by atoms with van der Waals surface area (Å²) in [5.74, 6) is 0.910. The Hall–Kier alpha value is -1.66. The fourth-order valence-corrected chi connectivity index (χ4v) is 2.09. The molecule has 0 bridgehead atoms. The van der Waals surface area contributed by atoms with Gasteiger partial charge in [-0.1, -0.05) is 24.6 Å². The molecule has 6 nitrogen and oxygen atoms in total. The van der Waals surface area contributed by atoms with Crippen molar-refractivity contribution in [3.8, 4) is 11.4 Å². The van der Waals surface area contributed by atoms with Gasteiger partial charge in [-0.25, -0.2) is 4.68 Å². The summed E-state index contributed by atoms with van der Waals surface area (Å²) in [6.45, 7) is 3.36. The van der Waals surface area contributed by atoms with Crippen LogP contribution in [0.5, 0.6) is 0 Å². The van der Waals surface area contributed by atoms with E-state index in [1.165, 1.54) is 0 Å². The van der Waals surface area contributed by atoms with Gasteiger partial charge >= 0.3 is 0 Å². The van der Waals surface area contributed by atoms with Crippen LogP contribution in [0.2, 0.25) is 5.02 Å². The van der Waals surface area contributed by atoms with Crippen LogP contribution in [0.15, 0.2) is 18.2 Å². The first-order valence-electron chi connectivity index (χ1n) is 5.93. The van der Waals surface area contributed by atoms with E-state index in [1.807, 2.05) is 12.1 Å². The van der Waals surface area contributed by atoms with Crippen LogP contribution in [-0.4, -0.2) is 33.9 Å². The minimum atomic E-state index is 0.298. The number of hydrogen-bond donors (Lipinski definition) is 1. The minimum Gasteiger partial charge on any atom is -0.398 e. The predicted octanol–water partition coefficient (Wildman–Crippen LogP) is 1.86. The number of methoxy groups -OCH3 is 1. The summed E-state index contributed by atoms with van der Waals surface area (Å²) in [5, 5.41) is 12.2. The summed E-state index contributed by atoms with van der Waals surface area (Å²) < 4.78 is 6.83. The quantitative estimate of drug-likeness (QED) is 0.846. The van der Waals surface area contributed by atoms with Crippen LogP contribution in [0.1, 0.15) is 6.92 Å². The molecule has 0 aliphatic carbocycles. The van der Waals surface area contributed by atoms with E-state index in [9.17, 15) is 0 Å². The minimum absolute atomic E-state index is 0.298. The third-order valence-corrected chi connectivity index (χ3v) is 3.16. The average Bonchev–Trinajstić information content (AvgIpc) is 2.81. The highest BCUT2D eigenvalue weighted by molar-refractivity contribution is 6.35. The molecule has 1 heterocycles. The molecule has 7 heteroatoms. The van der Waals surface area contributed by atoms with Crippen LogP contribution in [0, 0.1) is 5.92 Å². The first-order chi connectivity index (χ1) is 9.13. The Morgan fingerprint density at radius 2 is 2.26 bits per heavy atom. The lowest BCUT2D eigenvalue weighted by atomic mass is 10.1. The highest BCUT2D eigenvalue weighted by Crippen LogP contribution is 2.30. The third-order valence-electron chi connectivity index (χ3n) is 2.74. The number of tetrazole rings is 1. The van der Waals surface area contributed by atoms with Crippen molar-refractivity contribution in [3.05, 3.63) is 23.2 Å². The Labute approximate surface area is 116 Å². The van der Waals surface area contributed by atoms with Crippen LogP contribution in [0.25, 0.3) is 11.4 Å². The smallest absolute Gasteiger partial charge is 0.183 e. The van der Waals surface area contributed by atoms with Crippen molar-refractivity contribution >= 4 is 17.3 Å². The monoisotopic (exact) mass is 281 g/mol. The van der Waals surface area contributed by atoms with E-state index in [-0.39, 0.29) is 0 Å². The molecule has 102 valence electrons. The van der Waals surface area contributed by atoms with Crippen molar-refractivity contribution in [2.24, 2.45) is 5.92 Å². The largest absolute Gasteiger partial charge is 0.398 e. The first kappa shape index (κ1) is 13.8. The molecule has 1 unspecified atom stereocenters. The zero-order valence-corrected chi connectivity index (χ0v) is 11.6. The molecule has 19 heavy (non-hydrogen) atoms. The zero-order valence-electron chi connectivity index (χ0n) is 10.9. The normalized spacial score (nSPS) is 12.6. The molecule has 0 aliphatic rings. The van der Waals surface area contributed by atoms with Gasteiger partial charge in [-0.15, -0.1) is 5.10 Å². The molecule has 2 rings (SSSR count). The van der Waals surface area contributed by atoms with Crippen LogP contribution in [0.3, 0.4) is 0 Å². The lowest BCUT2D eigenvalue weighted by Crippen LogP contribution is -2.15. The van der Waals surface area contributed by atoms with Crippen molar-refractivity contribution in [3.63, 3.8) is 0 Å². The highest BCUT2D eigenvalue weighted by Gasteiger charge is 2.15. The first-order valence-corrected chi connectivity index (χ1v) is 6.30. The number of halogens is 1. The number of benzene rings is 1. The van der Waals surface area contributed by atoms with Gasteiger partial charge < -0.3 is 10.5 Å². The number of hydrogen-bond acceptors (Lipinski definition) is 5. The number of anilines is 1. The van der Waals surface area contributed by atoms with E-state index in [0.29, 0.717) is 35.6 Å². The third kappa shape index (κ3) is 3.02. The van der Waals surface area contributed by atoms with Crippen molar-refractivity contribution in [1.82, 2.24) is 20.2 Å². The number of nitrogen functional groups attached to an aromatic ring is 1. The summed E-state index contributed by atoms with van der Waals surface area (Å²) in [7, 11) is 1.67. The zero-order chi connectivity index (χ0) is 13.8. The number of nitrogens with zero attached hydrogens (tertiary/aromatic N) is 4. The molecule has 2 aromatic rings. The maximum Gasteiger partial charge on any atom is 0.183 e. The van der Waals surface area contributed by atoms with Crippen LogP contribution >= 0.6 is 11.6 Å². The molecular formula is C12H16ClN5O. The second-order valence-corrected chi connectivity index (χ2v) is 4.83. The Balaban J connectivity index is 2.31. The summed E-state index contributed by atoms with van der Waals surface area (Å²) in [4.78, 5) is 0. The molecule has 2 N–H and O–H groups in total. The van der Waals surface area contributed by atoms with E-state index in [1.54, 1.807) is 17.9 Å². The van der Waals surface area contributed by atoms with E-state index in [2.05, 4.69) is 22.4 Å². The lowest BCUT2D eigenvalue weighted by molar-refractivity contribution is 0.149. The van der Waals surface area contributed by atoms with Gasteiger partial charge in [-0.05, 0) is 28.5 Å². The summed E-state index contributed by atoms with van der Waals surface area (Å²) >= 11 is 6.20. The van der Waals surface area contributed by atoms with Crippen LogP contribution in [0.4, 0.5) is 5.69 Å². The topological polar surface area (TPSA) is 78.8 Å². The van der Waals surface area contributed by atoms with Gasteiger partial charge in [0.15, 0.2) is 5.82 Å². The second kappa shape index (κ2) is 5.99. The highest BCUT2D eigenvalue weighted by atomic mass is 35.5. The van der Waals surface area contributed by atoms with Crippen molar-refractivity contribution in [2.45, 2.75) is 13.5 Å². The predicted molar refractivity (Wildman–Crippen MR) is 73.7 cm³/mol. The molecule has 0 amide bonds. The summed E-state index contributed by atoms with van der Waals surface area (Å²) in [5.41, 5.74) is 7.04. The summed E-state index contributed by atoms with van der Waals surface area (Å²) in [6.07, 6.45) is 0. The van der Waals surface area contributed by atoms with Gasteiger partial charge in [0.1, 0.15) is 0 Å².